The zero-order valence-electron chi connectivity index (χ0n) is 13.8. The number of amides is 1. The van der Waals surface area contributed by atoms with Gasteiger partial charge in [-0.15, -0.1) is 0 Å². The van der Waals surface area contributed by atoms with Gasteiger partial charge in [0.25, 0.3) is 0 Å². The average molecular weight is 303 g/mol. The summed E-state index contributed by atoms with van der Waals surface area (Å²) in [7, 11) is 0. The van der Waals surface area contributed by atoms with Crippen molar-refractivity contribution in [3.63, 3.8) is 0 Å². The predicted molar refractivity (Wildman–Crippen MR) is 87.4 cm³/mol. The summed E-state index contributed by atoms with van der Waals surface area (Å²) in [5.74, 6) is -0.131. The molecule has 120 valence electrons. The first-order chi connectivity index (χ1) is 10.1. The Morgan fingerprint density at radius 3 is 2.36 bits per heavy atom. The van der Waals surface area contributed by atoms with Crippen LogP contribution in [0.5, 0.6) is 0 Å². The third-order valence-electron chi connectivity index (χ3n) is 4.05. The summed E-state index contributed by atoms with van der Waals surface area (Å²) in [5, 5.41) is 10.7. The number of likely N-dealkylation sites (tertiary alicyclic amines) is 1. The van der Waals surface area contributed by atoms with Crippen LogP contribution in [0.2, 0.25) is 0 Å². The number of aliphatic hydroxyl groups is 1. The smallest absolute Gasteiger partial charge is 0.410 e. The molecule has 22 heavy (non-hydrogen) atoms. The first-order valence-corrected chi connectivity index (χ1v) is 7.57. The molecule has 1 amide bonds. The lowest BCUT2D eigenvalue weighted by Gasteiger charge is -2.50. The van der Waals surface area contributed by atoms with Gasteiger partial charge in [-0.3, -0.25) is 0 Å². The molecule has 1 aromatic rings. The Labute approximate surface area is 132 Å². The molecular weight excluding hydrogens is 278 g/mol. The van der Waals surface area contributed by atoms with E-state index in [2.05, 4.69) is 6.58 Å². The van der Waals surface area contributed by atoms with Crippen LogP contribution in [0.1, 0.15) is 33.3 Å². The van der Waals surface area contributed by atoms with Crippen LogP contribution in [0.25, 0.3) is 5.57 Å². The first-order valence-electron chi connectivity index (χ1n) is 7.57. The van der Waals surface area contributed by atoms with Gasteiger partial charge in [-0.1, -0.05) is 43.8 Å². The van der Waals surface area contributed by atoms with Crippen molar-refractivity contribution < 1.29 is 14.6 Å². The van der Waals surface area contributed by atoms with Crippen molar-refractivity contribution in [2.24, 2.45) is 5.92 Å². The fourth-order valence-electron chi connectivity index (χ4n) is 2.57. The second kappa shape index (κ2) is 5.76. The third kappa shape index (κ3) is 3.50. The van der Waals surface area contributed by atoms with E-state index in [1.54, 1.807) is 0 Å². The summed E-state index contributed by atoms with van der Waals surface area (Å²) in [6.45, 7) is 12.1. The van der Waals surface area contributed by atoms with E-state index < -0.39 is 11.2 Å². The lowest BCUT2D eigenvalue weighted by molar-refractivity contribution is -0.115. The minimum absolute atomic E-state index is 0.131. The highest BCUT2D eigenvalue weighted by atomic mass is 16.6. The molecule has 1 fully saturated rings. The molecule has 1 aliphatic heterocycles. The molecule has 0 unspecified atom stereocenters. The quantitative estimate of drug-likeness (QED) is 0.932. The van der Waals surface area contributed by atoms with Gasteiger partial charge in [0.2, 0.25) is 0 Å². The van der Waals surface area contributed by atoms with Crippen molar-refractivity contribution in [3.8, 4) is 0 Å². The van der Waals surface area contributed by atoms with Gasteiger partial charge in [0, 0.05) is 5.92 Å². The second-order valence-corrected chi connectivity index (χ2v) is 7.05. The molecule has 0 aromatic heterocycles. The third-order valence-corrected chi connectivity index (χ3v) is 4.05. The number of carbonyl (C=O) groups excluding carboxylic acids is 1. The molecule has 1 heterocycles. The number of benzene rings is 1. The van der Waals surface area contributed by atoms with E-state index in [-0.39, 0.29) is 25.1 Å². The largest absolute Gasteiger partial charge is 0.444 e. The van der Waals surface area contributed by atoms with Crippen molar-refractivity contribution in [1.29, 1.82) is 0 Å². The fourth-order valence-corrected chi connectivity index (χ4v) is 2.57. The van der Waals surface area contributed by atoms with E-state index in [1.807, 2.05) is 58.0 Å². The maximum absolute atomic E-state index is 12.0. The molecule has 1 N–H and O–H groups in total. The van der Waals surface area contributed by atoms with Crippen molar-refractivity contribution in [3.05, 3.63) is 42.5 Å². The molecule has 4 nitrogen and oxygen atoms in total. The molecule has 1 atom stereocenters. The van der Waals surface area contributed by atoms with Gasteiger partial charge in [-0.25, -0.2) is 4.79 Å². The van der Waals surface area contributed by atoms with Gasteiger partial charge in [-0.05, 0) is 31.9 Å². The van der Waals surface area contributed by atoms with Crippen molar-refractivity contribution in [1.82, 2.24) is 4.90 Å². The Hall–Kier alpha value is -1.81. The Balaban J connectivity index is 1.97. The Kier molecular flexibility index (Phi) is 4.34. The van der Waals surface area contributed by atoms with Crippen molar-refractivity contribution in [2.75, 3.05) is 13.1 Å². The molecule has 1 aliphatic rings. The van der Waals surface area contributed by atoms with Gasteiger partial charge < -0.3 is 14.7 Å². The molecule has 0 saturated carbocycles. The van der Waals surface area contributed by atoms with Crippen LogP contribution >= 0.6 is 0 Å². The number of nitrogens with zero attached hydrogens (tertiary/aromatic N) is 1. The van der Waals surface area contributed by atoms with Crippen LogP contribution in [0.15, 0.2) is 36.9 Å². The standard InChI is InChI=1S/C18H25NO3/c1-13(15-9-7-6-8-10-15)14(2)18(21)11-19(12-18)16(20)22-17(3,4)5/h6-10,14,21H,1,11-12H2,2-5H3/t14-/m1/s1. The summed E-state index contributed by atoms with van der Waals surface area (Å²) >= 11 is 0. The fraction of sp³-hybridized carbons (Fsp3) is 0.500. The Morgan fingerprint density at radius 2 is 1.86 bits per heavy atom. The average Bonchev–Trinajstić information content (AvgIpc) is 2.41. The lowest BCUT2D eigenvalue weighted by atomic mass is 9.76. The number of rotatable bonds is 3. The highest BCUT2D eigenvalue weighted by molar-refractivity contribution is 5.71. The molecule has 1 aromatic carbocycles. The first kappa shape index (κ1) is 16.6. The molecule has 4 heteroatoms. The van der Waals surface area contributed by atoms with E-state index >= 15 is 0 Å². The van der Waals surface area contributed by atoms with Gasteiger partial charge in [0.05, 0.1) is 13.1 Å². The van der Waals surface area contributed by atoms with Crippen LogP contribution in [0.4, 0.5) is 4.79 Å². The number of ether oxygens (including phenoxy) is 1. The number of hydrogen-bond acceptors (Lipinski definition) is 3. The molecule has 0 radical (unpaired) electrons. The summed E-state index contributed by atoms with van der Waals surface area (Å²) in [6.07, 6.45) is -0.380. The van der Waals surface area contributed by atoms with Crippen LogP contribution in [-0.2, 0) is 4.74 Å². The number of hydrogen-bond donors (Lipinski definition) is 1. The van der Waals surface area contributed by atoms with Gasteiger partial charge in [0.15, 0.2) is 0 Å². The number of carbonyl (C=O) groups is 1. The minimum Gasteiger partial charge on any atom is -0.444 e. The van der Waals surface area contributed by atoms with Crippen LogP contribution in [0.3, 0.4) is 0 Å². The summed E-state index contributed by atoms with van der Waals surface area (Å²) < 4.78 is 5.31. The van der Waals surface area contributed by atoms with E-state index in [4.69, 9.17) is 4.74 Å². The van der Waals surface area contributed by atoms with Gasteiger partial charge in [-0.2, -0.15) is 0 Å². The molecule has 2 rings (SSSR count). The van der Waals surface area contributed by atoms with E-state index in [9.17, 15) is 9.90 Å². The second-order valence-electron chi connectivity index (χ2n) is 7.05. The van der Waals surface area contributed by atoms with Gasteiger partial charge >= 0.3 is 6.09 Å². The van der Waals surface area contributed by atoms with Crippen LogP contribution < -0.4 is 0 Å². The lowest BCUT2D eigenvalue weighted by Crippen LogP contribution is -2.66. The van der Waals surface area contributed by atoms with Crippen molar-refractivity contribution >= 4 is 11.7 Å². The Morgan fingerprint density at radius 1 is 1.32 bits per heavy atom. The SMILES string of the molecule is C=C(c1ccccc1)[C@@H](C)C1(O)CN(C(=O)OC(C)(C)C)C1. The molecule has 0 bridgehead atoms. The number of β-amino-alcohol motifs (C(OH)–C–C–N with tert-alkyl or cyclic N) is 1. The molecular formula is C18H25NO3. The highest BCUT2D eigenvalue weighted by Gasteiger charge is 2.49. The van der Waals surface area contributed by atoms with Crippen LogP contribution in [0, 0.1) is 5.92 Å². The molecule has 1 saturated heterocycles. The van der Waals surface area contributed by atoms with E-state index in [0.29, 0.717) is 0 Å². The normalized spacial score (nSPS) is 18.3. The molecule has 0 aliphatic carbocycles. The highest BCUT2D eigenvalue weighted by Crippen LogP contribution is 2.37. The minimum atomic E-state index is -0.941. The van der Waals surface area contributed by atoms with E-state index in [0.717, 1.165) is 11.1 Å². The van der Waals surface area contributed by atoms with Crippen molar-refractivity contribution in [2.45, 2.75) is 38.9 Å². The summed E-state index contributed by atoms with van der Waals surface area (Å²) in [6, 6.07) is 9.80. The maximum Gasteiger partial charge on any atom is 0.410 e. The maximum atomic E-state index is 12.0. The zero-order chi connectivity index (χ0) is 16.5. The van der Waals surface area contributed by atoms with Crippen LogP contribution in [-0.4, -0.2) is 40.4 Å². The topological polar surface area (TPSA) is 49.8 Å². The Bertz CT molecular complexity index is 553. The molecule has 0 spiro atoms. The zero-order valence-corrected chi connectivity index (χ0v) is 13.8. The van der Waals surface area contributed by atoms with Gasteiger partial charge in [0.1, 0.15) is 11.2 Å². The predicted octanol–water partition coefficient (Wildman–Crippen LogP) is 3.32. The summed E-state index contributed by atoms with van der Waals surface area (Å²) in [4.78, 5) is 13.5. The summed E-state index contributed by atoms with van der Waals surface area (Å²) in [5.41, 5.74) is 0.430. The van der Waals surface area contributed by atoms with E-state index in [1.165, 1.54) is 4.90 Å². The monoisotopic (exact) mass is 303 g/mol.